The van der Waals surface area contributed by atoms with Crippen LogP contribution in [0.15, 0.2) is 30.3 Å². The van der Waals surface area contributed by atoms with Crippen molar-refractivity contribution in [1.29, 1.82) is 0 Å². The lowest BCUT2D eigenvalue weighted by Crippen LogP contribution is -2.40. The first-order valence-corrected chi connectivity index (χ1v) is 14.9. The van der Waals surface area contributed by atoms with Gasteiger partial charge in [-0.3, -0.25) is 19.5 Å². The molecular formula is C32H43FN2O7. The van der Waals surface area contributed by atoms with Crippen LogP contribution in [0.1, 0.15) is 86.2 Å². The molecule has 5 rings (SSSR count). The monoisotopic (exact) mass is 586 g/mol. The van der Waals surface area contributed by atoms with E-state index in [1.165, 1.54) is 36.2 Å². The third kappa shape index (κ3) is 8.56. The number of rotatable bonds is 10. The van der Waals surface area contributed by atoms with E-state index < -0.39 is 29.5 Å². The number of likely N-dealkylation sites (tertiary alicyclic amines) is 1. The number of pyridine rings is 1. The molecule has 10 heteroatoms. The van der Waals surface area contributed by atoms with Crippen molar-refractivity contribution in [1.82, 2.24) is 9.88 Å². The molecule has 0 saturated carbocycles. The van der Waals surface area contributed by atoms with E-state index in [2.05, 4.69) is 12.1 Å². The van der Waals surface area contributed by atoms with E-state index in [9.17, 15) is 14.3 Å². The topological polar surface area (TPSA) is 118 Å². The number of aromatic nitrogens is 1. The van der Waals surface area contributed by atoms with Crippen molar-refractivity contribution in [2.24, 2.45) is 0 Å². The van der Waals surface area contributed by atoms with Crippen molar-refractivity contribution in [3.8, 4) is 0 Å². The Balaban J connectivity index is 0.00000129. The van der Waals surface area contributed by atoms with Crippen LogP contribution in [0.4, 0.5) is 4.39 Å². The zero-order valence-electron chi connectivity index (χ0n) is 24.6. The smallest absolute Gasteiger partial charge is 0.325 e. The minimum Gasteiger partial charge on any atom is -0.483 e. The molecule has 0 radical (unpaired) electrons. The van der Waals surface area contributed by atoms with Crippen LogP contribution in [0.5, 0.6) is 0 Å². The highest BCUT2D eigenvalue weighted by Gasteiger charge is 2.38. The lowest BCUT2D eigenvalue weighted by molar-refractivity contribution is -0.177. The Hall–Kier alpha value is -2.92. The first-order chi connectivity index (χ1) is 20.2. The molecule has 3 heterocycles. The number of hydrogen-bond donors (Lipinski definition) is 2. The Morgan fingerprint density at radius 3 is 2.76 bits per heavy atom. The van der Waals surface area contributed by atoms with E-state index in [1.54, 1.807) is 6.07 Å². The van der Waals surface area contributed by atoms with E-state index in [1.807, 2.05) is 18.7 Å². The largest absolute Gasteiger partial charge is 0.483 e. The number of carbonyl (C=O) groups is 2. The number of aryl methyl sites for hydroxylation is 3. The Kier molecular flexibility index (Phi) is 11.4. The summed E-state index contributed by atoms with van der Waals surface area (Å²) in [5, 5.41) is 17.1. The van der Waals surface area contributed by atoms with Crippen LogP contribution in [0.3, 0.4) is 0 Å². The highest BCUT2D eigenvalue weighted by Crippen LogP contribution is 2.36. The summed E-state index contributed by atoms with van der Waals surface area (Å²) in [6.45, 7) is 6.03. The van der Waals surface area contributed by atoms with Gasteiger partial charge in [0.15, 0.2) is 0 Å². The molecule has 0 spiro atoms. The summed E-state index contributed by atoms with van der Waals surface area (Å²) in [5.41, 5.74) is 4.54. The van der Waals surface area contributed by atoms with Crippen molar-refractivity contribution in [3.05, 3.63) is 64.2 Å². The average Bonchev–Trinajstić information content (AvgIpc) is 3.42. The van der Waals surface area contributed by atoms with Gasteiger partial charge in [0.2, 0.25) is 0 Å². The van der Waals surface area contributed by atoms with Crippen molar-refractivity contribution in [3.63, 3.8) is 0 Å². The fraction of sp³-hybridized carbons (Fsp3) is 0.594. The van der Waals surface area contributed by atoms with Crippen LogP contribution in [0.25, 0.3) is 0 Å². The summed E-state index contributed by atoms with van der Waals surface area (Å²) in [4.78, 5) is 27.6. The van der Waals surface area contributed by atoms with Gasteiger partial charge < -0.3 is 24.4 Å². The average molecular weight is 587 g/mol. The van der Waals surface area contributed by atoms with E-state index in [0.29, 0.717) is 44.0 Å². The summed E-state index contributed by atoms with van der Waals surface area (Å²) in [6, 6.07) is 7.76. The number of hydrogen-bond acceptors (Lipinski definition) is 7. The van der Waals surface area contributed by atoms with Gasteiger partial charge in [0.25, 0.3) is 6.47 Å². The maximum Gasteiger partial charge on any atom is 0.325 e. The van der Waals surface area contributed by atoms with Crippen molar-refractivity contribution >= 4 is 12.4 Å². The normalized spacial score (nSPS) is 22.5. The zero-order valence-corrected chi connectivity index (χ0v) is 24.6. The van der Waals surface area contributed by atoms with Crippen molar-refractivity contribution in [2.45, 2.75) is 89.1 Å². The van der Waals surface area contributed by atoms with Gasteiger partial charge in [0, 0.05) is 31.1 Å². The molecule has 1 aromatic heterocycles. The maximum absolute atomic E-state index is 14.4. The Morgan fingerprint density at radius 1 is 1.24 bits per heavy atom. The van der Waals surface area contributed by atoms with Gasteiger partial charge in [-0.1, -0.05) is 12.1 Å². The van der Waals surface area contributed by atoms with Crippen LogP contribution in [0.2, 0.25) is 0 Å². The molecule has 2 saturated heterocycles. The van der Waals surface area contributed by atoms with E-state index in [4.69, 9.17) is 29.1 Å². The van der Waals surface area contributed by atoms with Crippen LogP contribution in [0, 0.1) is 5.82 Å². The Bertz CT molecular complexity index is 1200. The van der Waals surface area contributed by atoms with Crippen LogP contribution >= 0.6 is 0 Å². The fourth-order valence-electron chi connectivity index (χ4n) is 5.98. The second-order valence-corrected chi connectivity index (χ2v) is 11.8. The summed E-state index contributed by atoms with van der Waals surface area (Å²) in [5.74, 6) is -1.46. The van der Waals surface area contributed by atoms with Gasteiger partial charge in [-0.15, -0.1) is 0 Å². The second-order valence-electron chi connectivity index (χ2n) is 11.8. The maximum atomic E-state index is 14.4. The van der Waals surface area contributed by atoms with Crippen LogP contribution < -0.4 is 0 Å². The number of fused-ring (bicyclic) bond motifs is 1. The van der Waals surface area contributed by atoms with Gasteiger partial charge in [0.05, 0.1) is 24.9 Å². The number of nitrogens with zero attached hydrogens (tertiary/aromatic N) is 2. The summed E-state index contributed by atoms with van der Waals surface area (Å²) in [6.07, 6.45) is 7.91. The fourth-order valence-corrected chi connectivity index (χ4v) is 5.98. The molecule has 3 aliphatic rings. The molecule has 3 unspecified atom stereocenters. The molecule has 9 nitrogen and oxygen atoms in total. The molecule has 3 atom stereocenters. The van der Waals surface area contributed by atoms with Gasteiger partial charge in [-0.05, 0) is 100 Å². The minimum absolute atomic E-state index is 0.0409. The number of unbranched alkanes of at least 4 members (excludes halogenated alkanes) is 1. The van der Waals surface area contributed by atoms with Gasteiger partial charge in [0.1, 0.15) is 18.0 Å². The number of aliphatic carboxylic acids is 1. The van der Waals surface area contributed by atoms with E-state index >= 15 is 0 Å². The molecule has 1 aromatic carbocycles. The van der Waals surface area contributed by atoms with Crippen LogP contribution in [-0.2, 0) is 43.1 Å². The lowest BCUT2D eigenvalue weighted by Gasteiger charge is -2.36. The van der Waals surface area contributed by atoms with Gasteiger partial charge >= 0.3 is 5.97 Å². The number of ether oxygens (including phenoxy) is 3. The number of benzene rings is 1. The third-order valence-corrected chi connectivity index (χ3v) is 8.14. The highest BCUT2D eigenvalue weighted by atomic mass is 19.1. The molecule has 1 aliphatic carbocycles. The molecule has 0 amide bonds. The third-order valence-electron chi connectivity index (χ3n) is 8.14. The number of carboxylic acid groups (broad SMARTS) is 2. The molecule has 2 aliphatic heterocycles. The molecule has 230 valence electrons. The first kappa shape index (κ1) is 32.0. The van der Waals surface area contributed by atoms with Crippen molar-refractivity contribution in [2.75, 3.05) is 32.9 Å². The van der Waals surface area contributed by atoms with E-state index in [-0.39, 0.29) is 12.6 Å². The molecule has 42 heavy (non-hydrogen) atoms. The quantitative estimate of drug-likeness (QED) is 0.296. The Labute approximate surface area is 247 Å². The molecular weight excluding hydrogens is 543 g/mol. The predicted molar refractivity (Wildman–Crippen MR) is 154 cm³/mol. The predicted octanol–water partition coefficient (Wildman–Crippen LogP) is 4.91. The second kappa shape index (κ2) is 15.0. The standard InChI is InChI=1S/C31H41FN2O5.CH2O2/c1-31(2)20-38-28(19-39-31)25-13-11-22(32)17-26(25)29(30(35)36)34-15-14-24(18-34)37-16-6-5-8-23-12-10-21-7-3-4-9-27(21)33-23;2-1-3/h10-13,17,24,28-29H,3-9,14-16,18-20H2,1-2H3,(H,35,36);1H,(H,2,3). The minimum atomic E-state index is -1.00. The number of carboxylic acids is 1. The summed E-state index contributed by atoms with van der Waals surface area (Å²) in [7, 11) is 0. The number of halogens is 1. The zero-order chi connectivity index (χ0) is 30.1. The van der Waals surface area contributed by atoms with Crippen molar-refractivity contribution < 1.29 is 38.4 Å². The van der Waals surface area contributed by atoms with Gasteiger partial charge in [-0.25, -0.2) is 4.39 Å². The molecule has 2 N–H and O–H groups in total. The summed E-state index contributed by atoms with van der Waals surface area (Å²) < 4.78 is 32.4. The highest BCUT2D eigenvalue weighted by molar-refractivity contribution is 5.76. The SMILES string of the molecule is CC1(C)COC(c2ccc(F)cc2C(C(=O)O)N2CCC(OCCCCc3ccc4c(n3)CCCC4)C2)CO1.O=CO. The Morgan fingerprint density at radius 2 is 2.02 bits per heavy atom. The lowest BCUT2D eigenvalue weighted by atomic mass is 9.94. The molecule has 2 fully saturated rings. The molecule has 2 aromatic rings. The van der Waals surface area contributed by atoms with Gasteiger partial charge in [-0.2, -0.15) is 0 Å². The summed E-state index contributed by atoms with van der Waals surface area (Å²) >= 11 is 0. The van der Waals surface area contributed by atoms with Crippen LogP contribution in [-0.4, -0.2) is 77.2 Å². The first-order valence-electron chi connectivity index (χ1n) is 14.9. The molecule has 0 bridgehead atoms. The van der Waals surface area contributed by atoms with E-state index in [0.717, 1.165) is 44.2 Å².